The van der Waals surface area contributed by atoms with Gasteiger partial charge >= 0.3 is 0 Å². The number of aliphatic imine (C=N–C) groups is 1. The number of hydrogen-bond donors (Lipinski definition) is 0. The molecule has 0 saturated carbocycles. The van der Waals surface area contributed by atoms with Gasteiger partial charge in [0.2, 0.25) is 0 Å². The predicted molar refractivity (Wildman–Crippen MR) is 223 cm³/mol. The molecular formula is C50H52N2O. The number of aryl methyl sites for hydroxylation is 1. The maximum absolute atomic E-state index is 7.49. The van der Waals surface area contributed by atoms with Gasteiger partial charge in [-0.3, -0.25) is 0 Å². The number of nitrogens with zero attached hydrogens (tertiary/aromatic N) is 2. The average molecular weight is 697 g/mol. The summed E-state index contributed by atoms with van der Waals surface area (Å²) in [4.78, 5) is 5.82. The van der Waals surface area contributed by atoms with Crippen molar-refractivity contribution in [2.45, 2.75) is 83.6 Å². The number of allylic oxidation sites excluding steroid dienone is 2. The van der Waals surface area contributed by atoms with Crippen LogP contribution in [0, 0.1) is 0 Å². The van der Waals surface area contributed by atoms with Crippen LogP contribution < -0.4 is 4.74 Å². The predicted octanol–water partition coefficient (Wildman–Crippen LogP) is 13.5. The van der Waals surface area contributed by atoms with E-state index in [-0.39, 0.29) is 10.8 Å². The Bertz CT molecular complexity index is 2130. The van der Waals surface area contributed by atoms with Gasteiger partial charge in [0.05, 0.1) is 11.4 Å². The number of fused-ring (bicyclic) bond motifs is 1. The van der Waals surface area contributed by atoms with E-state index in [4.69, 9.17) is 9.73 Å². The first-order valence-electron chi connectivity index (χ1n) is 19.4. The molecule has 0 N–H and O–H groups in total. The van der Waals surface area contributed by atoms with Crippen molar-refractivity contribution >= 4 is 11.4 Å². The summed E-state index contributed by atoms with van der Waals surface area (Å²) in [7, 11) is 0. The summed E-state index contributed by atoms with van der Waals surface area (Å²) in [6.07, 6.45) is 10.1. The first kappa shape index (κ1) is 36.0. The van der Waals surface area contributed by atoms with Crippen LogP contribution in [0.15, 0.2) is 169 Å². The second-order valence-electron chi connectivity index (χ2n) is 15.0. The second-order valence-corrected chi connectivity index (χ2v) is 15.0. The topological polar surface area (TPSA) is 26.5 Å². The second kappa shape index (κ2) is 15.7. The van der Waals surface area contributed by atoms with Crippen LogP contribution >= 0.6 is 0 Å². The van der Waals surface area contributed by atoms with Gasteiger partial charge in [-0.2, -0.15) is 0 Å². The lowest BCUT2D eigenvalue weighted by molar-refractivity contribution is 0.244. The molecule has 0 spiro atoms. The molecular weight excluding hydrogens is 645 g/mol. The molecule has 268 valence electrons. The standard InChI is InChI=1S/C50H52N2O/c1-6-37(3)41-27-20-30-44-47(41)51-45(32-36-52-34-17-18-35-52)46(31-33-50(5,49(44,4)7-2)40-25-15-10-16-26-40)53-48-42(38-21-11-8-12-22-38)28-19-29-43(48)39-23-13-9-14-24-39/h8-31,34-35,37H,6-7,32-33,36H2,1-5H3/b46-31-,51-45?. The lowest BCUT2D eigenvalue weighted by Gasteiger charge is -2.48. The average Bonchev–Trinajstić information content (AvgIpc) is 3.75. The van der Waals surface area contributed by atoms with Crippen LogP contribution in [-0.4, -0.2) is 10.3 Å². The smallest absolute Gasteiger partial charge is 0.145 e. The molecule has 0 bridgehead atoms. The van der Waals surface area contributed by atoms with Gasteiger partial charge in [-0.25, -0.2) is 4.99 Å². The van der Waals surface area contributed by atoms with E-state index in [1.54, 1.807) is 0 Å². The van der Waals surface area contributed by atoms with E-state index in [9.17, 15) is 0 Å². The summed E-state index contributed by atoms with van der Waals surface area (Å²) in [6.45, 7) is 12.7. The minimum atomic E-state index is -0.271. The SMILES string of the molecule is CCC(C)c1cccc2c1N=C(CCn1cccc1)/C(Oc1c(-c3ccccc3)cccc1-c1ccccc1)=C/CC(C)(c1ccccc1)C2(C)CC. The molecule has 2 heterocycles. The van der Waals surface area contributed by atoms with Gasteiger partial charge in [0.1, 0.15) is 11.5 Å². The van der Waals surface area contributed by atoms with Crippen molar-refractivity contribution < 1.29 is 4.74 Å². The summed E-state index contributed by atoms with van der Waals surface area (Å²) in [5.74, 6) is 2.02. The number of ether oxygens (including phenoxy) is 1. The van der Waals surface area contributed by atoms with Crippen molar-refractivity contribution in [3.63, 3.8) is 0 Å². The molecule has 6 aromatic rings. The summed E-state index contributed by atoms with van der Waals surface area (Å²) >= 11 is 0. The van der Waals surface area contributed by atoms with E-state index in [1.807, 2.05) is 0 Å². The van der Waals surface area contributed by atoms with Crippen molar-refractivity contribution in [3.05, 3.63) is 180 Å². The molecule has 0 saturated heterocycles. The zero-order valence-corrected chi connectivity index (χ0v) is 31.9. The summed E-state index contributed by atoms with van der Waals surface area (Å²) < 4.78 is 9.74. The Balaban J connectivity index is 1.52. The van der Waals surface area contributed by atoms with Gasteiger partial charge in [0.15, 0.2) is 0 Å². The zero-order valence-electron chi connectivity index (χ0n) is 31.9. The maximum atomic E-state index is 7.49. The van der Waals surface area contributed by atoms with Gasteiger partial charge in [0, 0.05) is 47.3 Å². The third-order valence-electron chi connectivity index (χ3n) is 12.0. The van der Waals surface area contributed by atoms with E-state index >= 15 is 0 Å². The molecule has 1 aliphatic rings. The Hall–Kier alpha value is -5.41. The Morgan fingerprint density at radius 1 is 0.698 bits per heavy atom. The molecule has 53 heavy (non-hydrogen) atoms. The summed E-state index contributed by atoms with van der Waals surface area (Å²) in [6, 6.07) is 49.9. The van der Waals surface area contributed by atoms with Gasteiger partial charge in [-0.15, -0.1) is 0 Å². The van der Waals surface area contributed by atoms with Crippen LogP contribution in [0.3, 0.4) is 0 Å². The minimum absolute atomic E-state index is 0.231. The van der Waals surface area contributed by atoms with E-state index in [0.717, 1.165) is 71.0 Å². The van der Waals surface area contributed by atoms with Crippen molar-refractivity contribution in [1.29, 1.82) is 0 Å². The molecule has 5 aromatic carbocycles. The minimum Gasteiger partial charge on any atom is -0.454 e. The molecule has 7 rings (SSSR count). The van der Waals surface area contributed by atoms with Crippen LogP contribution in [0.25, 0.3) is 22.3 Å². The molecule has 1 aromatic heterocycles. The van der Waals surface area contributed by atoms with Gasteiger partial charge in [0.25, 0.3) is 0 Å². The highest BCUT2D eigenvalue weighted by Crippen LogP contribution is 2.54. The first-order chi connectivity index (χ1) is 25.9. The van der Waals surface area contributed by atoms with Crippen LogP contribution in [-0.2, 0) is 17.4 Å². The number of benzene rings is 5. The number of para-hydroxylation sites is 2. The number of rotatable bonds is 11. The largest absolute Gasteiger partial charge is 0.454 e. The van der Waals surface area contributed by atoms with E-state index in [1.165, 1.54) is 16.7 Å². The number of hydrogen-bond acceptors (Lipinski definition) is 2. The molecule has 0 aliphatic carbocycles. The van der Waals surface area contributed by atoms with E-state index < -0.39 is 0 Å². The maximum Gasteiger partial charge on any atom is 0.145 e. The molecule has 3 atom stereocenters. The lowest BCUT2D eigenvalue weighted by Crippen LogP contribution is -2.44. The Labute approximate surface area is 316 Å². The summed E-state index contributed by atoms with van der Waals surface area (Å²) in [5.41, 5.74) is 9.86. The monoisotopic (exact) mass is 696 g/mol. The summed E-state index contributed by atoms with van der Waals surface area (Å²) in [5, 5.41) is 0. The molecule has 0 radical (unpaired) electrons. The number of aromatic nitrogens is 1. The lowest BCUT2D eigenvalue weighted by atomic mass is 9.55. The van der Waals surface area contributed by atoms with Crippen LogP contribution in [0.2, 0.25) is 0 Å². The third kappa shape index (κ3) is 7.05. The van der Waals surface area contributed by atoms with Crippen molar-refractivity contribution in [1.82, 2.24) is 4.57 Å². The fraction of sp³-hybridized carbons (Fsp3) is 0.260. The molecule has 1 aliphatic heterocycles. The highest BCUT2D eigenvalue weighted by molar-refractivity contribution is 6.01. The van der Waals surface area contributed by atoms with E-state index in [0.29, 0.717) is 12.3 Å². The highest BCUT2D eigenvalue weighted by atomic mass is 16.5. The van der Waals surface area contributed by atoms with Crippen molar-refractivity contribution in [3.8, 4) is 28.0 Å². The zero-order chi connectivity index (χ0) is 36.8. The molecule has 0 fully saturated rings. The normalized spacial score (nSPS) is 20.2. The van der Waals surface area contributed by atoms with E-state index in [2.05, 4.69) is 197 Å². The Morgan fingerprint density at radius 3 is 1.87 bits per heavy atom. The van der Waals surface area contributed by atoms with Gasteiger partial charge in [-0.1, -0.05) is 162 Å². The van der Waals surface area contributed by atoms with Gasteiger partial charge < -0.3 is 9.30 Å². The first-order valence-corrected chi connectivity index (χ1v) is 19.4. The highest BCUT2D eigenvalue weighted by Gasteiger charge is 2.47. The molecule has 3 heteroatoms. The third-order valence-corrected chi connectivity index (χ3v) is 12.0. The quantitative estimate of drug-likeness (QED) is 0.132. The van der Waals surface area contributed by atoms with Crippen LogP contribution in [0.4, 0.5) is 5.69 Å². The Kier molecular flexibility index (Phi) is 10.6. The van der Waals surface area contributed by atoms with Gasteiger partial charge in [-0.05, 0) is 71.2 Å². The van der Waals surface area contributed by atoms with Crippen molar-refractivity contribution in [2.24, 2.45) is 4.99 Å². The fourth-order valence-electron chi connectivity index (χ4n) is 8.18. The Morgan fingerprint density at radius 2 is 1.28 bits per heavy atom. The van der Waals surface area contributed by atoms with Crippen LogP contribution in [0.5, 0.6) is 5.75 Å². The van der Waals surface area contributed by atoms with Crippen molar-refractivity contribution in [2.75, 3.05) is 0 Å². The molecule has 3 nitrogen and oxygen atoms in total. The van der Waals surface area contributed by atoms with Crippen LogP contribution in [0.1, 0.15) is 82.9 Å². The molecule has 0 amide bonds. The molecule has 3 unspecified atom stereocenters. The fourth-order valence-corrected chi connectivity index (χ4v) is 8.18.